The minimum atomic E-state index is -4.77. The number of hydrogen-bond donors (Lipinski definition) is 2. The fraction of sp³-hybridized carbons (Fsp3) is 0.269. The molecule has 1 amide bonds. The standard InChI is InChI=1S/C26H25F5N2O2/c27-25(28)20-11-17(12-21(13-20)26(29,30)31)15-35-16-22(33-14-23(32)34)24(18-7-3-1-4-8-18)19-9-5-2-6-10-19/h1-13,22,24-25,33H,14-16H2,(H2,32,34). The van der Waals surface area contributed by atoms with Crippen LogP contribution in [0.5, 0.6) is 0 Å². The molecule has 0 aliphatic heterocycles. The zero-order valence-corrected chi connectivity index (χ0v) is 18.6. The van der Waals surface area contributed by atoms with Crippen molar-refractivity contribution >= 4 is 5.91 Å². The van der Waals surface area contributed by atoms with Crippen molar-refractivity contribution in [3.8, 4) is 0 Å². The normalized spacial score (nSPS) is 12.8. The number of ether oxygens (including phenoxy) is 1. The van der Waals surface area contributed by atoms with Gasteiger partial charge in [-0.1, -0.05) is 60.7 Å². The van der Waals surface area contributed by atoms with Gasteiger partial charge in [-0.3, -0.25) is 4.79 Å². The first-order chi connectivity index (χ1) is 16.6. The largest absolute Gasteiger partial charge is 0.416 e. The topological polar surface area (TPSA) is 64.4 Å². The Labute approximate surface area is 199 Å². The van der Waals surface area contributed by atoms with Crippen LogP contribution in [0.1, 0.15) is 40.2 Å². The van der Waals surface area contributed by atoms with Gasteiger partial charge in [0, 0.05) is 17.5 Å². The van der Waals surface area contributed by atoms with Gasteiger partial charge in [0.25, 0.3) is 6.43 Å². The van der Waals surface area contributed by atoms with Gasteiger partial charge >= 0.3 is 6.18 Å². The van der Waals surface area contributed by atoms with Gasteiger partial charge in [-0.2, -0.15) is 13.2 Å². The second-order valence-electron chi connectivity index (χ2n) is 8.03. The second kappa shape index (κ2) is 11.9. The van der Waals surface area contributed by atoms with E-state index in [9.17, 15) is 26.7 Å². The van der Waals surface area contributed by atoms with Gasteiger partial charge in [-0.15, -0.1) is 0 Å². The average molecular weight is 492 g/mol. The molecule has 4 nitrogen and oxygen atoms in total. The van der Waals surface area contributed by atoms with Gasteiger partial charge in [0.05, 0.1) is 25.3 Å². The van der Waals surface area contributed by atoms with Crippen LogP contribution in [0, 0.1) is 0 Å². The van der Waals surface area contributed by atoms with Crippen molar-refractivity contribution in [1.82, 2.24) is 5.32 Å². The molecule has 0 bridgehead atoms. The van der Waals surface area contributed by atoms with E-state index in [1.165, 1.54) is 0 Å². The lowest BCUT2D eigenvalue weighted by Gasteiger charge is -2.29. The van der Waals surface area contributed by atoms with Crippen LogP contribution in [0.3, 0.4) is 0 Å². The predicted molar refractivity (Wildman–Crippen MR) is 122 cm³/mol. The number of carbonyl (C=O) groups excluding carboxylic acids is 1. The molecule has 3 aromatic rings. The van der Waals surface area contributed by atoms with Gasteiger partial charge in [-0.25, -0.2) is 8.78 Å². The van der Waals surface area contributed by atoms with Gasteiger partial charge in [0.1, 0.15) is 0 Å². The van der Waals surface area contributed by atoms with Crippen LogP contribution >= 0.6 is 0 Å². The number of amides is 1. The molecule has 35 heavy (non-hydrogen) atoms. The van der Waals surface area contributed by atoms with Crippen LogP contribution in [-0.4, -0.2) is 25.1 Å². The van der Waals surface area contributed by atoms with Gasteiger partial charge in [0.15, 0.2) is 0 Å². The molecule has 0 saturated heterocycles. The Morgan fingerprint density at radius 1 is 0.886 bits per heavy atom. The molecule has 186 valence electrons. The molecule has 1 unspecified atom stereocenters. The molecular formula is C26H25F5N2O2. The van der Waals surface area contributed by atoms with Crippen molar-refractivity contribution in [2.75, 3.05) is 13.2 Å². The van der Waals surface area contributed by atoms with Crippen LogP contribution < -0.4 is 11.1 Å². The lowest BCUT2D eigenvalue weighted by atomic mass is 9.85. The molecule has 1 atom stereocenters. The van der Waals surface area contributed by atoms with Crippen LogP contribution in [-0.2, 0) is 22.3 Å². The van der Waals surface area contributed by atoms with Crippen molar-refractivity contribution in [1.29, 1.82) is 0 Å². The summed E-state index contributed by atoms with van der Waals surface area (Å²) in [5, 5.41) is 3.07. The van der Waals surface area contributed by atoms with Crippen molar-refractivity contribution in [3.63, 3.8) is 0 Å². The number of nitrogens with two attached hydrogens (primary N) is 1. The molecule has 0 saturated carbocycles. The van der Waals surface area contributed by atoms with E-state index in [1.54, 1.807) is 0 Å². The first kappa shape index (κ1) is 26.3. The van der Waals surface area contributed by atoms with Gasteiger partial charge < -0.3 is 15.8 Å². The van der Waals surface area contributed by atoms with E-state index in [1.807, 2.05) is 60.7 Å². The Morgan fingerprint density at radius 3 is 1.94 bits per heavy atom. The highest BCUT2D eigenvalue weighted by Crippen LogP contribution is 2.33. The maximum Gasteiger partial charge on any atom is 0.416 e. The number of halogens is 5. The summed E-state index contributed by atoms with van der Waals surface area (Å²) in [5.74, 6) is -0.871. The number of nitrogens with one attached hydrogen (secondary N) is 1. The molecule has 3 rings (SSSR count). The fourth-order valence-corrected chi connectivity index (χ4v) is 3.88. The second-order valence-corrected chi connectivity index (χ2v) is 8.03. The Kier molecular flexibility index (Phi) is 8.95. The lowest BCUT2D eigenvalue weighted by Crippen LogP contribution is -2.43. The smallest absolute Gasteiger partial charge is 0.375 e. The number of hydrogen-bond acceptors (Lipinski definition) is 3. The molecule has 0 fully saturated rings. The summed E-state index contributed by atoms with van der Waals surface area (Å²) < 4.78 is 71.6. The third-order valence-corrected chi connectivity index (χ3v) is 5.42. The van der Waals surface area contributed by atoms with E-state index < -0.39 is 35.7 Å². The van der Waals surface area contributed by atoms with Crippen molar-refractivity contribution in [2.24, 2.45) is 5.73 Å². The zero-order chi connectivity index (χ0) is 25.4. The van der Waals surface area contributed by atoms with E-state index in [-0.39, 0.29) is 31.2 Å². The molecule has 3 N–H and O–H groups in total. The van der Waals surface area contributed by atoms with Crippen molar-refractivity contribution < 1.29 is 31.5 Å². The number of alkyl halides is 5. The van der Waals surface area contributed by atoms with Crippen LogP contribution in [0.25, 0.3) is 0 Å². The first-order valence-electron chi connectivity index (χ1n) is 10.8. The highest BCUT2D eigenvalue weighted by atomic mass is 19.4. The summed E-state index contributed by atoms with van der Waals surface area (Å²) in [6.45, 7) is -0.500. The molecule has 0 aromatic heterocycles. The summed E-state index contributed by atoms with van der Waals surface area (Å²) in [7, 11) is 0. The Morgan fingerprint density at radius 2 is 1.46 bits per heavy atom. The molecule has 3 aromatic carbocycles. The lowest BCUT2D eigenvalue weighted by molar-refractivity contribution is -0.137. The van der Waals surface area contributed by atoms with E-state index in [0.29, 0.717) is 6.07 Å². The highest BCUT2D eigenvalue weighted by Gasteiger charge is 2.32. The van der Waals surface area contributed by atoms with Crippen LogP contribution in [0.4, 0.5) is 22.0 Å². The predicted octanol–water partition coefficient (Wildman–Crippen LogP) is 5.44. The molecule has 0 aliphatic rings. The van der Waals surface area contributed by atoms with Crippen molar-refractivity contribution in [3.05, 3.63) is 107 Å². The van der Waals surface area contributed by atoms with Gasteiger partial charge in [-0.05, 0) is 34.9 Å². The highest BCUT2D eigenvalue weighted by molar-refractivity contribution is 5.75. The van der Waals surface area contributed by atoms with E-state index in [0.717, 1.165) is 23.3 Å². The fourth-order valence-electron chi connectivity index (χ4n) is 3.88. The van der Waals surface area contributed by atoms with Crippen LogP contribution in [0.2, 0.25) is 0 Å². The summed E-state index contributed by atoms with van der Waals surface area (Å²) in [6.07, 6.45) is -7.82. The minimum absolute atomic E-state index is 0.0258. The third-order valence-electron chi connectivity index (χ3n) is 5.42. The Balaban J connectivity index is 1.86. The number of primary amides is 1. The van der Waals surface area contributed by atoms with Gasteiger partial charge in [0.2, 0.25) is 5.91 Å². The van der Waals surface area contributed by atoms with Crippen molar-refractivity contribution in [2.45, 2.75) is 31.2 Å². The summed E-state index contributed by atoms with van der Waals surface area (Å²) >= 11 is 0. The number of carbonyl (C=O) groups is 1. The molecular weight excluding hydrogens is 467 g/mol. The minimum Gasteiger partial charge on any atom is -0.375 e. The molecule has 0 aliphatic carbocycles. The summed E-state index contributed by atoms with van der Waals surface area (Å²) in [4.78, 5) is 11.5. The SMILES string of the molecule is NC(=O)CNC(COCc1cc(C(F)F)cc(C(F)(F)F)c1)C(c1ccccc1)c1ccccc1. The Bertz CT molecular complexity index is 1050. The monoisotopic (exact) mass is 492 g/mol. The maximum atomic E-state index is 13.2. The first-order valence-corrected chi connectivity index (χ1v) is 10.8. The summed E-state index contributed by atoms with van der Waals surface area (Å²) in [6, 6.07) is 20.6. The number of rotatable bonds is 11. The molecule has 9 heteroatoms. The molecule has 0 radical (unpaired) electrons. The number of benzene rings is 3. The maximum absolute atomic E-state index is 13.2. The quantitative estimate of drug-likeness (QED) is 0.351. The van der Waals surface area contributed by atoms with E-state index in [2.05, 4.69) is 5.32 Å². The summed E-state index contributed by atoms with van der Waals surface area (Å²) in [5.41, 5.74) is 5.24. The van der Waals surface area contributed by atoms with E-state index in [4.69, 9.17) is 10.5 Å². The average Bonchev–Trinajstić information content (AvgIpc) is 2.83. The van der Waals surface area contributed by atoms with Crippen LogP contribution in [0.15, 0.2) is 78.9 Å². The zero-order valence-electron chi connectivity index (χ0n) is 18.6. The Hall–Kier alpha value is -3.30. The molecule has 0 spiro atoms. The third kappa shape index (κ3) is 7.60. The molecule has 0 heterocycles. The van der Waals surface area contributed by atoms with E-state index >= 15 is 0 Å².